The van der Waals surface area contributed by atoms with E-state index in [-0.39, 0.29) is 22.1 Å². The highest BCUT2D eigenvalue weighted by Crippen LogP contribution is 2.36. The van der Waals surface area contributed by atoms with Crippen molar-refractivity contribution in [2.75, 3.05) is 20.8 Å². The lowest BCUT2D eigenvalue weighted by Crippen LogP contribution is -2.34. The quantitative estimate of drug-likeness (QED) is 0.301. The first-order valence-electron chi connectivity index (χ1n) is 8.09. The van der Waals surface area contributed by atoms with Gasteiger partial charge in [0.15, 0.2) is 0 Å². The third-order valence-corrected chi connectivity index (χ3v) is 4.86. The van der Waals surface area contributed by atoms with Gasteiger partial charge in [-0.25, -0.2) is 0 Å². The number of non-ortho nitro benzene ring substituents is 1. The van der Waals surface area contributed by atoms with Gasteiger partial charge in [0.1, 0.15) is 23.8 Å². The van der Waals surface area contributed by atoms with E-state index in [0.717, 1.165) is 12.0 Å². The first-order chi connectivity index (χ1) is 13.8. The van der Waals surface area contributed by atoms with Crippen molar-refractivity contribution >= 4 is 40.6 Å². The van der Waals surface area contributed by atoms with Crippen LogP contribution in [0.4, 0.5) is 10.5 Å². The highest BCUT2D eigenvalue weighted by Gasteiger charge is 2.36. The fraction of sp³-hybridized carbons (Fsp3) is 0.167. The van der Waals surface area contributed by atoms with Gasteiger partial charge in [-0.3, -0.25) is 29.4 Å². The Bertz CT molecular complexity index is 1040. The van der Waals surface area contributed by atoms with Gasteiger partial charge in [-0.2, -0.15) is 0 Å². The van der Waals surface area contributed by atoms with Gasteiger partial charge < -0.3 is 13.9 Å². The number of nitro groups is 1. The zero-order chi connectivity index (χ0) is 21.1. The zero-order valence-corrected chi connectivity index (χ0v) is 16.1. The van der Waals surface area contributed by atoms with E-state index in [2.05, 4.69) is 4.74 Å². The molecule has 11 heteroatoms. The average Bonchev–Trinajstić information content (AvgIpc) is 3.27. The maximum Gasteiger partial charge on any atom is 0.325 e. The predicted octanol–water partition coefficient (Wildman–Crippen LogP) is 3.07. The Hall–Kier alpha value is -3.60. The molecule has 2 heterocycles. The zero-order valence-electron chi connectivity index (χ0n) is 15.2. The molecule has 1 aliphatic rings. The summed E-state index contributed by atoms with van der Waals surface area (Å²) in [6.07, 6.45) is 1.38. The van der Waals surface area contributed by atoms with Crippen molar-refractivity contribution in [2.45, 2.75) is 0 Å². The minimum atomic E-state index is -0.709. The molecule has 0 atom stereocenters. The molecule has 1 saturated heterocycles. The van der Waals surface area contributed by atoms with Crippen molar-refractivity contribution in [1.29, 1.82) is 0 Å². The molecule has 0 aliphatic carbocycles. The van der Waals surface area contributed by atoms with Gasteiger partial charge in [0, 0.05) is 12.1 Å². The normalized spacial score (nSPS) is 15.1. The van der Waals surface area contributed by atoms with Gasteiger partial charge in [-0.05, 0) is 30.0 Å². The topological polar surface area (TPSA) is 129 Å². The van der Waals surface area contributed by atoms with Crippen LogP contribution in [0.1, 0.15) is 5.76 Å². The summed E-state index contributed by atoms with van der Waals surface area (Å²) in [6.45, 7) is -0.470. The summed E-state index contributed by atoms with van der Waals surface area (Å²) in [4.78, 5) is 46.9. The summed E-state index contributed by atoms with van der Waals surface area (Å²) in [5, 5.41) is 10.3. The molecule has 0 unspecified atom stereocenters. The number of nitrogens with zero attached hydrogens (tertiary/aromatic N) is 2. The number of thioether (sulfide) groups is 1. The van der Waals surface area contributed by atoms with Crippen molar-refractivity contribution in [3.63, 3.8) is 0 Å². The molecule has 0 saturated carbocycles. The molecule has 150 valence electrons. The first-order valence-corrected chi connectivity index (χ1v) is 8.90. The van der Waals surface area contributed by atoms with E-state index in [1.54, 1.807) is 12.1 Å². The molecule has 3 rings (SSSR count). The van der Waals surface area contributed by atoms with Crippen LogP contribution in [0, 0.1) is 10.1 Å². The molecule has 10 nitrogen and oxygen atoms in total. The van der Waals surface area contributed by atoms with E-state index in [4.69, 9.17) is 9.15 Å². The summed E-state index contributed by atoms with van der Waals surface area (Å²) in [5.41, 5.74) is 0.355. The Morgan fingerprint density at radius 1 is 1.28 bits per heavy atom. The molecule has 1 aliphatic heterocycles. The number of carbonyl (C=O) groups is 3. The third-order valence-electron chi connectivity index (χ3n) is 3.95. The molecule has 1 aromatic carbocycles. The number of amides is 2. The molecule has 0 bridgehead atoms. The smallest absolute Gasteiger partial charge is 0.325 e. The molecule has 1 aromatic heterocycles. The second kappa shape index (κ2) is 8.19. The van der Waals surface area contributed by atoms with Crippen molar-refractivity contribution in [1.82, 2.24) is 4.90 Å². The van der Waals surface area contributed by atoms with Crippen LogP contribution in [-0.2, 0) is 14.3 Å². The van der Waals surface area contributed by atoms with E-state index in [0.29, 0.717) is 23.1 Å². The Labute approximate surface area is 168 Å². The highest BCUT2D eigenvalue weighted by atomic mass is 32.2. The molecule has 2 aromatic rings. The summed E-state index contributed by atoms with van der Waals surface area (Å²) < 4.78 is 15.3. The van der Waals surface area contributed by atoms with Crippen LogP contribution in [-0.4, -0.2) is 47.7 Å². The maximum atomic E-state index is 12.3. The summed E-state index contributed by atoms with van der Waals surface area (Å²) in [5.74, 6) is -0.449. The highest BCUT2D eigenvalue weighted by molar-refractivity contribution is 8.18. The summed E-state index contributed by atoms with van der Waals surface area (Å²) in [6, 6.07) is 7.26. The van der Waals surface area contributed by atoms with Crippen molar-refractivity contribution in [2.24, 2.45) is 0 Å². The fourth-order valence-corrected chi connectivity index (χ4v) is 3.35. The first kappa shape index (κ1) is 20.1. The number of benzene rings is 1. The third kappa shape index (κ3) is 4.14. The van der Waals surface area contributed by atoms with Crippen LogP contribution in [0.25, 0.3) is 17.4 Å². The van der Waals surface area contributed by atoms with Crippen molar-refractivity contribution in [3.8, 4) is 17.1 Å². The lowest BCUT2D eigenvalue weighted by atomic mass is 10.1. The van der Waals surface area contributed by atoms with E-state index < -0.39 is 28.6 Å². The van der Waals surface area contributed by atoms with E-state index in [9.17, 15) is 24.5 Å². The van der Waals surface area contributed by atoms with Crippen molar-refractivity contribution in [3.05, 3.63) is 51.1 Å². The van der Waals surface area contributed by atoms with Crippen LogP contribution >= 0.6 is 11.8 Å². The van der Waals surface area contributed by atoms with Gasteiger partial charge in [0.2, 0.25) is 0 Å². The maximum absolute atomic E-state index is 12.3. The van der Waals surface area contributed by atoms with E-state index in [1.165, 1.54) is 31.4 Å². The Kier molecular flexibility index (Phi) is 5.69. The second-order valence-corrected chi connectivity index (χ2v) is 6.68. The summed E-state index contributed by atoms with van der Waals surface area (Å²) >= 11 is 0.678. The molecule has 0 N–H and O–H groups in total. The Morgan fingerprint density at radius 3 is 2.69 bits per heavy atom. The average molecular weight is 418 g/mol. The van der Waals surface area contributed by atoms with Crippen LogP contribution in [0.3, 0.4) is 0 Å². The van der Waals surface area contributed by atoms with Crippen LogP contribution < -0.4 is 4.74 Å². The lowest BCUT2D eigenvalue weighted by molar-refractivity contribution is -0.384. The Balaban J connectivity index is 1.86. The number of furan rings is 1. The number of methoxy groups -OCH3 is 2. The number of esters is 1. The van der Waals surface area contributed by atoms with Crippen LogP contribution in [0.15, 0.2) is 39.7 Å². The number of hydrogen-bond acceptors (Lipinski definition) is 9. The number of ether oxygens (including phenoxy) is 2. The largest absolute Gasteiger partial charge is 0.496 e. The summed E-state index contributed by atoms with van der Waals surface area (Å²) in [7, 11) is 2.54. The molecule has 29 heavy (non-hydrogen) atoms. The number of carbonyl (C=O) groups excluding carboxylic acids is 3. The van der Waals surface area contributed by atoms with Gasteiger partial charge in [0.05, 0.1) is 35.7 Å². The number of hydrogen-bond donors (Lipinski definition) is 0. The lowest BCUT2D eigenvalue weighted by Gasteiger charge is -2.09. The molecular weight excluding hydrogens is 404 g/mol. The molecule has 2 amide bonds. The number of nitro benzene ring substituents is 1. The number of imide groups is 1. The van der Waals surface area contributed by atoms with Crippen LogP contribution in [0.2, 0.25) is 0 Å². The minimum Gasteiger partial charge on any atom is -0.496 e. The van der Waals surface area contributed by atoms with Crippen LogP contribution in [0.5, 0.6) is 5.75 Å². The SMILES string of the molecule is COC(=O)CN1C(=O)S/C(=C/c2ccc(-c3ccc([N+](=O)[O-])cc3OC)o2)C1=O. The fourth-order valence-electron chi connectivity index (χ4n) is 2.53. The molecule has 1 fully saturated rings. The molecule has 0 spiro atoms. The van der Waals surface area contributed by atoms with Gasteiger partial charge in [-0.1, -0.05) is 0 Å². The predicted molar refractivity (Wildman–Crippen MR) is 102 cm³/mol. The Morgan fingerprint density at radius 2 is 2.03 bits per heavy atom. The monoisotopic (exact) mass is 418 g/mol. The van der Waals surface area contributed by atoms with Gasteiger partial charge >= 0.3 is 5.97 Å². The van der Waals surface area contributed by atoms with Gasteiger partial charge in [-0.15, -0.1) is 0 Å². The minimum absolute atomic E-state index is 0.0930. The number of rotatable bonds is 6. The van der Waals surface area contributed by atoms with E-state index in [1.807, 2.05) is 0 Å². The molecule has 0 radical (unpaired) electrons. The van der Waals surface area contributed by atoms with Gasteiger partial charge in [0.25, 0.3) is 16.8 Å². The van der Waals surface area contributed by atoms with E-state index >= 15 is 0 Å². The molecular formula is C18H14N2O8S. The standard InChI is InChI=1S/C18H14N2O8S/c1-26-14-7-10(20(24)25)3-5-12(14)13-6-4-11(28-13)8-15-17(22)19(18(23)29-15)9-16(21)27-2/h3-8H,9H2,1-2H3/b15-8+. The van der Waals surface area contributed by atoms with Crippen molar-refractivity contribution < 1.29 is 33.2 Å². The second-order valence-electron chi connectivity index (χ2n) is 5.69.